The van der Waals surface area contributed by atoms with Crippen LogP contribution in [0.1, 0.15) is 30.9 Å². The van der Waals surface area contributed by atoms with Gasteiger partial charge in [-0.3, -0.25) is 4.79 Å². The van der Waals surface area contributed by atoms with Gasteiger partial charge in [-0.05, 0) is 49.1 Å². The van der Waals surface area contributed by atoms with Crippen molar-refractivity contribution in [1.82, 2.24) is 4.90 Å². The molecule has 138 valence electrons. The zero-order valence-electron chi connectivity index (χ0n) is 15.8. The molecule has 4 heteroatoms. The molecular weight excluding hydrogens is 324 g/mol. The van der Waals surface area contributed by atoms with E-state index in [0.29, 0.717) is 19.6 Å². The fourth-order valence-corrected chi connectivity index (χ4v) is 3.43. The molecule has 1 saturated heterocycles. The highest BCUT2D eigenvalue weighted by Crippen LogP contribution is 2.25. The first kappa shape index (κ1) is 18.3. The van der Waals surface area contributed by atoms with Crippen LogP contribution in [0.5, 0.6) is 5.75 Å². The van der Waals surface area contributed by atoms with Gasteiger partial charge in [0, 0.05) is 32.4 Å². The molecule has 1 fully saturated rings. The van der Waals surface area contributed by atoms with Gasteiger partial charge in [-0.2, -0.15) is 0 Å². The predicted molar refractivity (Wildman–Crippen MR) is 106 cm³/mol. The fourth-order valence-electron chi connectivity index (χ4n) is 3.43. The number of rotatable bonds is 7. The van der Waals surface area contributed by atoms with Gasteiger partial charge in [0.05, 0.1) is 13.0 Å². The summed E-state index contributed by atoms with van der Waals surface area (Å²) < 4.78 is 5.45. The second-order valence-corrected chi connectivity index (χ2v) is 6.83. The van der Waals surface area contributed by atoms with Crippen LogP contribution in [0, 0.1) is 0 Å². The lowest BCUT2D eigenvalue weighted by Crippen LogP contribution is -2.29. The molecule has 1 heterocycles. The van der Waals surface area contributed by atoms with E-state index < -0.39 is 0 Å². The number of para-hydroxylation sites is 1. The van der Waals surface area contributed by atoms with E-state index in [1.165, 1.54) is 24.1 Å². The van der Waals surface area contributed by atoms with Crippen molar-refractivity contribution in [3.8, 4) is 5.75 Å². The van der Waals surface area contributed by atoms with Gasteiger partial charge in [0.15, 0.2) is 0 Å². The maximum atomic E-state index is 12.6. The summed E-state index contributed by atoms with van der Waals surface area (Å²) in [6.07, 6.45) is 2.91. The quantitative estimate of drug-likeness (QED) is 0.758. The molecule has 4 nitrogen and oxygen atoms in total. The highest BCUT2D eigenvalue weighted by atomic mass is 16.5. The Morgan fingerprint density at radius 1 is 1.08 bits per heavy atom. The third-order valence-corrected chi connectivity index (χ3v) is 4.86. The molecule has 0 unspecified atom stereocenters. The standard InChI is InChI=1S/C22H28N2O2/c1-3-26-20-12-10-18(11-13-20)16-22(25)23(2)17-19-8-4-5-9-21(19)24-14-6-7-15-24/h4-5,8-13H,3,6-7,14-17H2,1-2H3. The van der Waals surface area contributed by atoms with Crippen LogP contribution in [-0.4, -0.2) is 37.6 Å². The molecular formula is C22H28N2O2. The van der Waals surface area contributed by atoms with Gasteiger partial charge < -0.3 is 14.5 Å². The Morgan fingerprint density at radius 2 is 1.77 bits per heavy atom. The molecule has 26 heavy (non-hydrogen) atoms. The lowest BCUT2D eigenvalue weighted by molar-refractivity contribution is -0.129. The second kappa shape index (κ2) is 8.75. The van der Waals surface area contributed by atoms with Crippen molar-refractivity contribution in [3.05, 3.63) is 59.7 Å². The van der Waals surface area contributed by atoms with Gasteiger partial charge in [-0.1, -0.05) is 30.3 Å². The van der Waals surface area contributed by atoms with Crippen LogP contribution >= 0.6 is 0 Å². The summed E-state index contributed by atoms with van der Waals surface area (Å²) in [5.74, 6) is 0.974. The molecule has 0 aliphatic carbocycles. The molecule has 0 spiro atoms. The molecule has 1 amide bonds. The van der Waals surface area contributed by atoms with E-state index in [2.05, 4.69) is 29.2 Å². The number of anilines is 1. The fraction of sp³-hybridized carbons (Fsp3) is 0.409. The summed E-state index contributed by atoms with van der Waals surface area (Å²) in [7, 11) is 1.89. The van der Waals surface area contributed by atoms with Crippen molar-refractivity contribution < 1.29 is 9.53 Å². The van der Waals surface area contributed by atoms with E-state index in [1.54, 1.807) is 0 Å². The van der Waals surface area contributed by atoms with E-state index in [4.69, 9.17) is 4.74 Å². The van der Waals surface area contributed by atoms with Crippen molar-refractivity contribution in [3.63, 3.8) is 0 Å². The predicted octanol–water partition coefficient (Wildman–Crippen LogP) is 3.89. The second-order valence-electron chi connectivity index (χ2n) is 6.83. The first-order valence-electron chi connectivity index (χ1n) is 9.46. The number of likely N-dealkylation sites (N-methyl/N-ethyl adjacent to an activating group) is 1. The molecule has 0 atom stereocenters. The van der Waals surface area contributed by atoms with Crippen molar-refractivity contribution in [2.45, 2.75) is 32.7 Å². The number of amides is 1. The van der Waals surface area contributed by atoms with E-state index in [-0.39, 0.29) is 5.91 Å². The summed E-state index contributed by atoms with van der Waals surface area (Å²) in [6, 6.07) is 16.2. The first-order chi connectivity index (χ1) is 12.7. The van der Waals surface area contributed by atoms with E-state index in [0.717, 1.165) is 24.4 Å². The van der Waals surface area contributed by atoms with E-state index in [9.17, 15) is 4.79 Å². The van der Waals surface area contributed by atoms with E-state index >= 15 is 0 Å². The summed E-state index contributed by atoms with van der Waals surface area (Å²) >= 11 is 0. The largest absolute Gasteiger partial charge is 0.494 e. The minimum absolute atomic E-state index is 0.130. The maximum absolute atomic E-state index is 12.6. The zero-order chi connectivity index (χ0) is 18.4. The molecule has 0 aromatic heterocycles. The monoisotopic (exact) mass is 352 g/mol. The third-order valence-electron chi connectivity index (χ3n) is 4.86. The van der Waals surface area contributed by atoms with Crippen LogP contribution < -0.4 is 9.64 Å². The summed E-state index contributed by atoms with van der Waals surface area (Å²) in [5, 5.41) is 0. The van der Waals surface area contributed by atoms with Crippen molar-refractivity contribution in [2.24, 2.45) is 0 Å². The normalized spacial score (nSPS) is 13.7. The smallest absolute Gasteiger partial charge is 0.227 e. The summed E-state index contributed by atoms with van der Waals surface area (Å²) in [6.45, 7) is 5.48. The number of carbonyl (C=O) groups excluding carboxylic acids is 1. The molecule has 2 aromatic rings. The van der Waals surface area contributed by atoms with Crippen molar-refractivity contribution in [1.29, 1.82) is 0 Å². The minimum atomic E-state index is 0.130. The third kappa shape index (κ3) is 4.57. The van der Waals surface area contributed by atoms with Gasteiger partial charge >= 0.3 is 0 Å². The van der Waals surface area contributed by atoms with Crippen molar-refractivity contribution >= 4 is 11.6 Å². The van der Waals surface area contributed by atoms with Gasteiger partial charge in [0.1, 0.15) is 5.75 Å². The highest BCUT2D eigenvalue weighted by Gasteiger charge is 2.17. The zero-order valence-corrected chi connectivity index (χ0v) is 15.8. The molecule has 0 saturated carbocycles. The number of ether oxygens (including phenoxy) is 1. The lowest BCUT2D eigenvalue weighted by atomic mass is 10.1. The Balaban J connectivity index is 1.62. The highest BCUT2D eigenvalue weighted by molar-refractivity contribution is 5.78. The lowest BCUT2D eigenvalue weighted by Gasteiger charge is -2.24. The number of nitrogens with zero attached hydrogens (tertiary/aromatic N) is 2. The summed E-state index contributed by atoms with van der Waals surface area (Å²) in [5.41, 5.74) is 3.50. The first-order valence-corrected chi connectivity index (χ1v) is 9.46. The Bertz CT molecular complexity index is 721. The van der Waals surface area contributed by atoms with E-state index in [1.807, 2.05) is 43.1 Å². The Kier molecular flexibility index (Phi) is 6.16. The SMILES string of the molecule is CCOc1ccc(CC(=O)N(C)Cc2ccccc2N2CCCC2)cc1. The number of carbonyl (C=O) groups is 1. The maximum Gasteiger partial charge on any atom is 0.227 e. The average Bonchev–Trinajstić information content (AvgIpc) is 3.18. The molecule has 0 bridgehead atoms. The molecule has 0 radical (unpaired) electrons. The van der Waals surface area contributed by atoms with Crippen LogP contribution in [0.15, 0.2) is 48.5 Å². The summed E-state index contributed by atoms with van der Waals surface area (Å²) in [4.78, 5) is 16.9. The molecule has 3 rings (SSSR count). The Labute approximate surface area is 156 Å². The average molecular weight is 352 g/mol. The Morgan fingerprint density at radius 3 is 2.46 bits per heavy atom. The van der Waals surface area contributed by atoms with Crippen LogP contribution in [0.4, 0.5) is 5.69 Å². The topological polar surface area (TPSA) is 32.8 Å². The number of benzene rings is 2. The number of hydrogen-bond acceptors (Lipinski definition) is 3. The van der Waals surface area contributed by atoms with Gasteiger partial charge in [-0.15, -0.1) is 0 Å². The minimum Gasteiger partial charge on any atom is -0.494 e. The molecule has 2 aromatic carbocycles. The molecule has 1 aliphatic heterocycles. The molecule has 0 N–H and O–H groups in total. The van der Waals surface area contributed by atoms with Crippen LogP contribution in [0.3, 0.4) is 0 Å². The van der Waals surface area contributed by atoms with Gasteiger partial charge in [0.25, 0.3) is 0 Å². The van der Waals surface area contributed by atoms with Crippen molar-refractivity contribution in [2.75, 3.05) is 31.6 Å². The van der Waals surface area contributed by atoms with Crippen LogP contribution in [0.25, 0.3) is 0 Å². The van der Waals surface area contributed by atoms with Crippen LogP contribution in [-0.2, 0) is 17.8 Å². The van der Waals surface area contributed by atoms with Gasteiger partial charge in [-0.25, -0.2) is 0 Å². The van der Waals surface area contributed by atoms with Crippen LogP contribution in [0.2, 0.25) is 0 Å². The number of hydrogen-bond donors (Lipinski definition) is 0. The van der Waals surface area contributed by atoms with Gasteiger partial charge in [0.2, 0.25) is 5.91 Å². The Hall–Kier alpha value is -2.49. The molecule has 1 aliphatic rings.